The van der Waals surface area contributed by atoms with Crippen molar-refractivity contribution in [2.45, 2.75) is 26.2 Å². The Balaban J connectivity index is 1.65. The Kier molecular flexibility index (Phi) is 3.54. The van der Waals surface area contributed by atoms with Gasteiger partial charge in [-0.15, -0.1) is 0 Å². The molecule has 0 radical (unpaired) electrons. The zero-order valence-electron chi connectivity index (χ0n) is 12.0. The monoisotopic (exact) mass is 268 g/mol. The number of nitrogens with zero attached hydrogens (tertiary/aromatic N) is 2. The van der Waals surface area contributed by atoms with Gasteiger partial charge in [0.05, 0.1) is 0 Å². The van der Waals surface area contributed by atoms with Crippen molar-refractivity contribution in [3.63, 3.8) is 0 Å². The predicted octanol–water partition coefficient (Wildman–Crippen LogP) is 2.97. The maximum absolute atomic E-state index is 4.44. The third-order valence-corrected chi connectivity index (χ3v) is 3.69. The second-order valence-electron chi connectivity index (χ2n) is 5.20. The normalized spacial score (nSPS) is 16.2. The first-order chi connectivity index (χ1) is 9.76. The van der Waals surface area contributed by atoms with E-state index in [4.69, 9.17) is 0 Å². The third-order valence-electron chi connectivity index (χ3n) is 3.69. The Morgan fingerprint density at radius 1 is 1.15 bits per heavy atom. The lowest BCUT2D eigenvalue weighted by Crippen LogP contribution is -2.24. The first kappa shape index (κ1) is 12.9. The summed E-state index contributed by atoms with van der Waals surface area (Å²) in [6, 6.07) is 10.6. The maximum atomic E-state index is 4.44. The molecule has 3 rings (SSSR count). The summed E-state index contributed by atoms with van der Waals surface area (Å²) in [5.74, 6) is 3.18. The van der Waals surface area contributed by atoms with Gasteiger partial charge in [0.2, 0.25) is 0 Å². The van der Waals surface area contributed by atoms with Gasteiger partial charge < -0.3 is 10.6 Å². The van der Waals surface area contributed by atoms with Gasteiger partial charge >= 0.3 is 0 Å². The molecule has 0 aliphatic heterocycles. The number of hydrogen-bond donors (Lipinski definition) is 2. The smallest absolute Gasteiger partial charge is 0.131 e. The van der Waals surface area contributed by atoms with Crippen LogP contribution in [0.3, 0.4) is 0 Å². The fourth-order valence-corrected chi connectivity index (χ4v) is 2.70. The largest absolute Gasteiger partial charge is 0.370 e. The topological polar surface area (TPSA) is 49.8 Å². The molecule has 4 nitrogen and oxygen atoms in total. The lowest BCUT2D eigenvalue weighted by molar-refractivity contribution is 0.634. The molecule has 2 aromatic rings. The van der Waals surface area contributed by atoms with Crippen molar-refractivity contribution in [2.24, 2.45) is 0 Å². The number of anilines is 2. The molecule has 0 amide bonds. The third kappa shape index (κ3) is 2.59. The van der Waals surface area contributed by atoms with Crippen LogP contribution in [0.5, 0.6) is 0 Å². The van der Waals surface area contributed by atoms with Crippen LogP contribution in [0.25, 0.3) is 0 Å². The minimum Gasteiger partial charge on any atom is -0.370 e. The standard InChI is InChI=1S/C16H20N4/c1-3-17-15-9-16(20-11(2)19-15)18-10-13-8-12-6-4-5-7-14(12)13/h4-7,9,13H,3,8,10H2,1-2H3,(H2,17,18,19,20). The van der Waals surface area contributed by atoms with Crippen LogP contribution >= 0.6 is 0 Å². The van der Waals surface area contributed by atoms with E-state index in [2.05, 4.69) is 51.8 Å². The van der Waals surface area contributed by atoms with Crippen molar-refractivity contribution < 1.29 is 0 Å². The van der Waals surface area contributed by atoms with Gasteiger partial charge in [-0.3, -0.25) is 0 Å². The molecule has 1 aliphatic rings. The molecule has 0 saturated carbocycles. The highest BCUT2D eigenvalue weighted by molar-refractivity contribution is 5.49. The summed E-state index contributed by atoms with van der Waals surface area (Å²) in [6.45, 7) is 5.78. The molecule has 1 aromatic heterocycles. The van der Waals surface area contributed by atoms with Gasteiger partial charge in [-0.05, 0) is 31.4 Å². The maximum Gasteiger partial charge on any atom is 0.131 e. The Bertz CT molecular complexity index is 609. The quantitative estimate of drug-likeness (QED) is 0.875. The van der Waals surface area contributed by atoms with Crippen LogP contribution in [0.15, 0.2) is 30.3 Å². The molecule has 4 heteroatoms. The first-order valence-electron chi connectivity index (χ1n) is 7.17. The molecule has 0 saturated heterocycles. The molecule has 1 atom stereocenters. The van der Waals surface area contributed by atoms with Crippen molar-refractivity contribution in [1.29, 1.82) is 0 Å². The van der Waals surface area contributed by atoms with Gasteiger partial charge in [0, 0.05) is 25.1 Å². The summed E-state index contributed by atoms with van der Waals surface area (Å²) >= 11 is 0. The average molecular weight is 268 g/mol. The van der Waals surface area contributed by atoms with E-state index in [0.29, 0.717) is 5.92 Å². The highest BCUT2D eigenvalue weighted by Crippen LogP contribution is 2.34. The molecule has 0 bridgehead atoms. The van der Waals surface area contributed by atoms with Gasteiger partial charge in [0.25, 0.3) is 0 Å². The molecule has 1 unspecified atom stereocenters. The number of rotatable bonds is 5. The van der Waals surface area contributed by atoms with Gasteiger partial charge in [0.1, 0.15) is 17.5 Å². The molecular formula is C16H20N4. The Hall–Kier alpha value is -2.10. The predicted molar refractivity (Wildman–Crippen MR) is 82.3 cm³/mol. The van der Waals surface area contributed by atoms with E-state index in [1.807, 2.05) is 13.0 Å². The molecule has 0 spiro atoms. The summed E-state index contributed by atoms with van der Waals surface area (Å²) < 4.78 is 0. The van der Waals surface area contributed by atoms with E-state index in [-0.39, 0.29) is 0 Å². The number of fused-ring (bicyclic) bond motifs is 1. The number of aryl methyl sites for hydroxylation is 1. The Morgan fingerprint density at radius 2 is 1.90 bits per heavy atom. The molecule has 1 aromatic carbocycles. The van der Waals surface area contributed by atoms with Crippen LogP contribution in [0.1, 0.15) is 29.8 Å². The number of hydrogen-bond acceptors (Lipinski definition) is 4. The van der Waals surface area contributed by atoms with E-state index in [1.165, 1.54) is 11.1 Å². The van der Waals surface area contributed by atoms with Crippen molar-refractivity contribution in [3.05, 3.63) is 47.3 Å². The number of nitrogens with one attached hydrogen (secondary N) is 2. The average Bonchev–Trinajstić information content (AvgIpc) is 2.39. The van der Waals surface area contributed by atoms with Crippen molar-refractivity contribution in [3.8, 4) is 0 Å². The lowest BCUT2D eigenvalue weighted by Gasteiger charge is -2.30. The van der Waals surface area contributed by atoms with E-state index < -0.39 is 0 Å². The second-order valence-corrected chi connectivity index (χ2v) is 5.20. The van der Waals surface area contributed by atoms with Gasteiger partial charge in [-0.1, -0.05) is 24.3 Å². The first-order valence-corrected chi connectivity index (χ1v) is 7.17. The number of benzene rings is 1. The van der Waals surface area contributed by atoms with Gasteiger partial charge in [0.15, 0.2) is 0 Å². The SMILES string of the molecule is CCNc1cc(NCC2Cc3ccccc32)nc(C)n1. The molecule has 104 valence electrons. The number of aromatic nitrogens is 2. The van der Waals surface area contributed by atoms with E-state index in [0.717, 1.165) is 37.0 Å². The molecule has 0 fully saturated rings. The van der Waals surface area contributed by atoms with E-state index in [1.54, 1.807) is 0 Å². The highest BCUT2D eigenvalue weighted by Gasteiger charge is 2.24. The van der Waals surface area contributed by atoms with Crippen LogP contribution in [0.2, 0.25) is 0 Å². The van der Waals surface area contributed by atoms with Gasteiger partial charge in [-0.25, -0.2) is 9.97 Å². The minimum atomic E-state index is 0.601. The summed E-state index contributed by atoms with van der Waals surface area (Å²) in [4.78, 5) is 8.80. The van der Waals surface area contributed by atoms with Crippen molar-refractivity contribution in [2.75, 3.05) is 23.7 Å². The fourth-order valence-electron chi connectivity index (χ4n) is 2.70. The summed E-state index contributed by atoms with van der Waals surface area (Å²) in [5, 5.41) is 6.66. The highest BCUT2D eigenvalue weighted by atomic mass is 15.1. The zero-order chi connectivity index (χ0) is 13.9. The molecular weight excluding hydrogens is 248 g/mol. The van der Waals surface area contributed by atoms with Crippen LogP contribution in [0, 0.1) is 6.92 Å². The Labute approximate surface area is 119 Å². The molecule has 20 heavy (non-hydrogen) atoms. The van der Waals surface area contributed by atoms with Crippen LogP contribution in [-0.4, -0.2) is 23.1 Å². The second kappa shape index (κ2) is 5.49. The summed E-state index contributed by atoms with van der Waals surface area (Å²) in [7, 11) is 0. The summed E-state index contributed by atoms with van der Waals surface area (Å²) in [5.41, 5.74) is 2.95. The van der Waals surface area contributed by atoms with Crippen LogP contribution in [-0.2, 0) is 6.42 Å². The lowest BCUT2D eigenvalue weighted by atomic mass is 9.77. The van der Waals surface area contributed by atoms with Crippen LogP contribution in [0.4, 0.5) is 11.6 Å². The van der Waals surface area contributed by atoms with Crippen molar-refractivity contribution in [1.82, 2.24) is 9.97 Å². The van der Waals surface area contributed by atoms with Crippen molar-refractivity contribution >= 4 is 11.6 Å². The zero-order valence-corrected chi connectivity index (χ0v) is 12.0. The Morgan fingerprint density at radius 3 is 2.65 bits per heavy atom. The van der Waals surface area contributed by atoms with Crippen LogP contribution < -0.4 is 10.6 Å². The molecule has 2 N–H and O–H groups in total. The summed E-state index contributed by atoms with van der Waals surface area (Å²) in [6.07, 6.45) is 1.16. The molecule has 1 heterocycles. The fraction of sp³-hybridized carbons (Fsp3) is 0.375. The van der Waals surface area contributed by atoms with Gasteiger partial charge in [-0.2, -0.15) is 0 Å². The molecule has 1 aliphatic carbocycles. The minimum absolute atomic E-state index is 0.601. The van der Waals surface area contributed by atoms with E-state index >= 15 is 0 Å². The van der Waals surface area contributed by atoms with E-state index in [9.17, 15) is 0 Å².